The Morgan fingerprint density at radius 1 is 1.18 bits per heavy atom. The molecular formula is C16H23ClN4O. The van der Waals surface area contributed by atoms with Gasteiger partial charge in [0, 0.05) is 19.3 Å². The molecule has 0 saturated carbocycles. The van der Waals surface area contributed by atoms with Crippen molar-refractivity contribution in [2.24, 2.45) is 0 Å². The van der Waals surface area contributed by atoms with Gasteiger partial charge in [-0.25, -0.2) is 0 Å². The monoisotopic (exact) mass is 322 g/mol. The summed E-state index contributed by atoms with van der Waals surface area (Å²) in [6, 6.07) is 10.1. The smallest absolute Gasteiger partial charge is 0.254 e. The van der Waals surface area contributed by atoms with Crippen molar-refractivity contribution in [3.05, 3.63) is 53.9 Å². The summed E-state index contributed by atoms with van der Waals surface area (Å²) >= 11 is 0. The number of amides is 1. The zero-order chi connectivity index (χ0) is 14.9. The highest BCUT2D eigenvalue weighted by Gasteiger charge is 2.07. The predicted molar refractivity (Wildman–Crippen MR) is 90.5 cm³/mol. The number of hydrogen-bond donors (Lipinski definition) is 2. The molecule has 6 heteroatoms. The van der Waals surface area contributed by atoms with Gasteiger partial charge in [0.25, 0.3) is 5.91 Å². The zero-order valence-electron chi connectivity index (χ0n) is 12.8. The van der Waals surface area contributed by atoms with Crippen LogP contribution in [0.3, 0.4) is 0 Å². The number of nitrogens with one attached hydrogen (secondary N) is 2. The quantitative estimate of drug-likeness (QED) is 0.732. The van der Waals surface area contributed by atoms with Gasteiger partial charge >= 0.3 is 0 Å². The van der Waals surface area contributed by atoms with Crippen LogP contribution in [0.25, 0.3) is 0 Å². The fraction of sp³-hybridized carbons (Fsp3) is 0.375. The second-order valence-electron chi connectivity index (χ2n) is 4.92. The summed E-state index contributed by atoms with van der Waals surface area (Å²) in [5.41, 5.74) is 1.76. The molecule has 0 saturated heterocycles. The molecule has 0 unspecified atom stereocenters. The van der Waals surface area contributed by atoms with Crippen LogP contribution < -0.4 is 10.6 Å². The lowest BCUT2D eigenvalue weighted by atomic mass is 10.2. The standard InChI is InChI=1S/C16H22N4O.ClH/c1-2-8-17-9-10-18-16(21)15-11-19-20(13-15)12-14-6-4-3-5-7-14;/h3-7,11,13,17H,2,8-10,12H2,1H3,(H,18,21);1H. The van der Waals surface area contributed by atoms with Gasteiger partial charge in [-0.05, 0) is 18.5 Å². The SMILES string of the molecule is CCCNCCNC(=O)c1cnn(Cc2ccccc2)c1.Cl. The van der Waals surface area contributed by atoms with Crippen molar-refractivity contribution in [3.63, 3.8) is 0 Å². The molecule has 0 aliphatic carbocycles. The van der Waals surface area contributed by atoms with Gasteiger partial charge in [0.1, 0.15) is 0 Å². The van der Waals surface area contributed by atoms with Gasteiger partial charge in [0.05, 0.1) is 18.3 Å². The molecule has 0 aliphatic rings. The third kappa shape index (κ3) is 5.87. The number of carbonyl (C=O) groups excluding carboxylic acids is 1. The Hall–Kier alpha value is -1.85. The lowest BCUT2D eigenvalue weighted by molar-refractivity contribution is 0.0954. The molecule has 0 fully saturated rings. The van der Waals surface area contributed by atoms with Crippen molar-refractivity contribution in [2.75, 3.05) is 19.6 Å². The lowest BCUT2D eigenvalue weighted by Gasteiger charge is -2.04. The van der Waals surface area contributed by atoms with Gasteiger partial charge in [0.15, 0.2) is 0 Å². The number of rotatable bonds is 8. The molecule has 5 nitrogen and oxygen atoms in total. The van der Waals surface area contributed by atoms with Crippen LogP contribution in [0.4, 0.5) is 0 Å². The van der Waals surface area contributed by atoms with Crippen LogP contribution in [0, 0.1) is 0 Å². The highest BCUT2D eigenvalue weighted by atomic mass is 35.5. The summed E-state index contributed by atoms with van der Waals surface area (Å²) in [4.78, 5) is 12.0. The van der Waals surface area contributed by atoms with Gasteiger partial charge in [0.2, 0.25) is 0 Å². The van der Waals surface area contributed by atoms with Crippen LogP contribution >= 0.6 is 12.4 Å². The van der Waals surface area contributed by atoms with Crippen LogP contribution in [0.5, 0.6) is 0 Å². The van der Waals surface area contributed by atoms with E-state index in [1.165, 1.54) is 0 Å². The molecule has 0 bridgehead atoms. The molecule has 2 rings (SSSR count). The van der Waals surface area contributed by atoms with Crippen LogP contribution in [0.15, 0.2) is 42.7 Å². The molecule has 2 aromatic rings. The minimum atomic E-state index is -0.0763. The Labute approximate surface area is 137 Å². The van der Waals surface area contributed by atoms with Crippen LogP contribution in [0.1, 0.15) is 29.3 Å². The molecule has 0 radical (unpaired) electrons. The van der Waals surface area contributed by atoms with Crippen LogP contribution in [-0.4, -0.2) is 35.3 Å². The maximum Gasteiger partial charge on any atom is 0.254 e. The Balaban J connectivity index is 0.00000242. The second kappa shape index (κ2) is 9.97. The van der Waals surface area contributed by atoms with E-state index in [4.69, 9.17) is 0 Å². The highest BCUT2D eigenvalue weighted by molar-refractivity contribution is 5.93. The van der Waals surface area contributed by atoms with E-state index in [9.17, 15) is 4.79 Å². The van der Waals surface area contributed by atoms with E-state index >= 15 is 0 Å². The number of carbonyl (C=O) groups is 1. The van der Waals surface area contributed by atoms with Gasteiger partial charge in [-0.15, -0.1) is 12.4 Å². The molecule has 2 N–H and O–H groups in total. The Morgan fingerprint density at radius 3 is 2.68 bits per heavy atom. The molecule has 1 aromatic carbocycles. The topological polar surface area (TPSA) is 58.9 Å². The van der Waals surface area contributed by atoms with Crippen molar-refractivity contribution in [1.29, 1.82) is 0 Å². The van der Waals surface area contributed by atoms with Crippen LogP contribution in [0.2, 0.25) is 0 Å². The summed E-state index contributed by atoms with van der Waals surface area (Å²) in [7, 11) is 0. The first kappa shape index (κ1) is 18.2. The summed E-state index contributed by atoms with van der Waals surface area (Å²) in [5.74, 6) is -0.0763. The highest BCUT2D eigenvalue weighted by Crippen LogP contribution is 2.03. The molecule has 1 heterocycles. The van der Waals surface area contributed by atoms with Crippen molar-refractivity contribution in [2.45, 2.75) is 19.9 Å². The van der Waals surface area contributed by atoms with E-state index in [1.807, 2.05) is 30.3 Å². The normalized spacial score (nSPS) is 10.0. The maximum atomic E-state index is 12.0. The number of halogens is 1. The third-order valence-electron chi connectivity index (χ3n) is 3.10. The van der Waals surface area contributed by atoms with E-state index in [-0.39, 0.29) is 18.3 Å². The van der Waals surface area contributed by atoms with E-state index in [1.54, 1.807) is 17.1 Å². The van der Waals surface area contributed by atoms with Crippen molar-refractivity contribution < 1.29 is 4.79 Å². The van der Waals surface area contributed by atoms with Gasteiger partial charge < -0.3 is 10.6 Å². The molecule has 0 aliphatic heterocycles. The van der Waals surface area contributed by atoms with Crippen LogP contribution in [-0.2, 0) is 6.54 Å². The Kier molecular flexibility index (Phi) is 8.25. The van der Waals surface area contributed by atoms with E-state index in [0.717, 1.165) is 25.1 Å². The Morgan fingerprint density at radius 2 is 1.95 bits per heavy atom. The maximum absolute atomic E-state index is 12.0. The van der Waals surface area contributed by atoms with E-state index in [2.05, 4.69) is 22.7 Å². The summed E-state index contributed by atoms with van der Waals surface area (Å²) < 4.78 is 1.78. The number of nitrogens with zero attached hydrogens (tertiary/aromatic N) is 2. The fourth-order valence-electron chi connectivity index (χ4n) is 2.01. The first-order valence-corrected chi connectivity index (χ1v) is 7.35. The molecule has 120 valence electrons. The summed E-state index contributed by atoms with van der Waals surface area (Å²) in [6.07, 6.45) is 4.49. The molecule has 0 atom stereocenters. The van der Waals surface area contributed by atoms with Crippen molar-refractivity contribution >= 4 is 18.3 Å². The van der Waals surface area contributed by atoms with Gasteiger partial charge in [-0.2, -0.15) is 5.10 Å². The molecule has 1 aromatic heterocycles. The average Bonchev–Trinajstić information content (AvgIpc) is 2.96. The van der Waals surface area contributed by atoms with Gasteiger partial charge in [-0.1, -0.05) is 37.3 Å². The number of hydrogen-bond acceptors (Lipinski definition) is 3. The lowest BCUT2D eigenvalue weighted by Crippen LogP contribution is -2.31. The minimum absolute atomic E-state index is 0. The third-order valence-corrected chi connectivity index (χ3v) is 3.10. The number of aromatic nitrogens is 2. The molecular weight excluding hydrogens is 300 g/mol. The number of benzene rings is 1. The average molecular weight is 323 g/mol. The Bertz CT molecular complexity index is 556. The minimum Gasteiger partial charge on any atom is -0.351 e. The van der Waals surface area contributed by atoms with Crippen molar-refractivity contribution in [1.82, 2.24) is 20.4 Å². The first-order valence-electron chi connectivity index (χ1n) is 7.35. The van der Waals surface area contributed by atoms with Crippen molar-refractivity contribution in [3.8, 4) is 0 Å². The molecule has 0 spiro atoms. The second-order valence-corrected chi connectivity index (χ2v) is 4.92. The zero-order valence-corrected chi connectivity index (χ0v) is 13.6. The summed E-state index contributed by atoms with van der Waals surface area (Å²) in [5, 5.41) is 10.4. The fourth-order valence-corrected chi connectivity index (χ4v) is 2.01. The van der Waals surface area contributed by atoms with Gasteiger partial charge in [-0.3, -0.25) is 9.48 Å². The molecule has 22 heavy (non-hydrogen) atoms. The predicted octanol–water partition coefficient (Wildman–Crippen LogP) is 2.08. The summed E-state index contributed by atoms with van der Waals surface area (Å²) in [6.45, 7) is 5.18. The first-order chi connectivity index (χ1) is 10.3. The van der Waals surface area contributed by atoms with E-state index < -0.39 is 0 Å². The van der Waals surface area contributed by atoms with E-state index in [0.29, 0.717) is 18.7 Å². The largest absolute Gasteiger partial charge is 0.351 e. The molecule has 1 amide bonds.